The molecule has 6 nitrogen and oxygen atoms in total. The highest BCUT2D eigenvalue weighted by molar-refractivity contribution is 5.74. The summed E-state index contributed by atoms with van der Waals surface area (Å²) in [5.74, 6) is -0.638. The maximum Gasteiger partial charge on any atom is 0.315 e. The number of carbonyl (C=O) groups is 2. The lowest BCUT2D eigenvalue weighted by Gasteiger charge is -2.27. The van der Waals surface area contributed by atoms with Crippen LogP contribution in [0.4, 0.5) is 4.79 Å². The number of amides is 2. The molecule has 0 aromatic heterocycles. The molecule has 1 aliphatic rings. The molecule has 0 aromatic carbocycles. The summed E-state index contributed by atoms with van der Waals surface area (Å²) in [6.45, 7) is 4.52. The Labute approximate surface area is 119 Å². The Morgan fingerprint density at radius 3 is 2.25 bits per heavy atom. The molecular weight excluding hydrogens is 260 g/mol. The summed E-state index contributed by atoms with van der Waals surface area (Å²) < 4.78 is 0. The fourth-order valence-electron chi connectivity index (χ4n) is 2.46. The Hall–Kier alpha value is -1.30. The van der Waals surface area contributed by atoms with Crippen molar-refractivity contribution in [1.29, 1.82) is 0 Å². The van der Waals surface area contributed by atoms with Gasteiger partial charge in [-0.25, -0.2) is 4.79 Å². The molecule has 0 saturated heterocycles. The molecule has 0 aromatic rings. The zero-order chi connectivity index (χ0) is 15.1. The lowest BCUT2D eigenvalue weighted by Crippen LogP contribution is -2.46. The van der Waals surface area contributed by atoms with E-state index in [0.29, 0.717) is 38.1 Å². The zero-order valence-corrected chi connectivity index (χ0v) is 12.3. The van der Waals surface area contributed by atoms with Crippen LogP contribution in [-0.4, -0.2) is 41.4 Å². The largest absolute Gasteiger partial charge is 0.481 e. The number of carboxylic acids is 1. The Kier molecular flexibility index (Phi) is 6.78. The minimum absolute atomic E-state index is 0.0530. The maximum absolute atomic E-state index is 11.7. The van der Waals surface area contributed by atoms with Crippen molar-refractivity contribution >= 4 is 12.0 Å². The highest BCUT2D eigenvalue weighted by Crippen LogP contribution is 2.24. The van der Waals surface area contributed by atoms with Crippen molar-refractivity contribution in [2.75, 3.05) is 13.2 Å². The van der Waals surface area contributed by atoms with E-state index in [2.05, 4.69) is 10.6 Å². The highest BCUT2D eigenvalue weighted by atomic mass is 16.4. The second-order valence-electron chi connectivity index (χ2n) is 5.93. The molecule has 0 spiro atoms. The number of urea groups is 1. The number of aliphatic hydroxyl groups excluding tert-OH is 1. The number of carboxylic acid groups (broad SMARTS) is 1. The summed E-state index contributed by atoms with van der Waals surface area (Å²) in [6, 6.07) is -0.180. The zero-order valence-electron chi connectivity index (χ0n) is 12.3. The Morgan fingerprint density at radius 2 is 1.80 bits per heavy atom. The lowest BCUT2D eigenvalue weighted by molar-refractivity contribution is -0.142. The maximum atomic E-state index is 11.7. The summed E-state index contributed by atoms with van der Waals surface area (Å²) in [4.78, 5) is 22.6. The lowest BCUT2D eigenvalue weighted by atomic mass is 9.86. The first-order valence-corrected chi connectivity index (χ1v) is 7.32. The molecule has 1 aliphatic carbocycles. The SMILES string of the molecule is CC(C)C(CO)CNC(=O)NC1CCC(C(=O)O)CC1. The minimum Gasteiger partial charge on any atom is -0.481 e. The van der Waals surface area contributed by atoms with Crippen molar-refractivity contribution < 1.29 is 19.8 Å². The number of carbonyl (C=O) groups excluding carboxylic acids is 1. The fourth-order valence-corrected chi connectivity index (χ4v) is 2.46. The van der Waals surface area contributed by atoms with E-state index in [1.807, 2.05) is 13.8 Å². The van der Waals surface area contributed by atoms with Gasteiger partial charge in [0.15, 0.2) is 0 Å². The molecule has 1 atom stereocenters. The second-order valence-corrected chi connectivity index (χ2v) is 5.93. The average Bonchev–Trinajstić information content (AvgIpc) is 2.39. The number of rotatable bonds is 6. The van der Waals surface area contributed by atoms with Crippen LogP contribution in [0.3, 0.4) is 0 Å². The smallest absolute Gasteiger partial charge is 0.315 e. The van der Waals surface area contributed by atoms with Crippen LogP contribution in [0.5, 0.6) is 0 Å². The molecule has 0 heterocycles. The van der Waals surface area contributed by atoms with Crippen molar-refractivity contribution in [3.8, 4) is 0 Å². The fraction of sp³-hybridized carbons (Fsp3) is 0.857. The van der Waals surface area contributed by atoms with E-state index in [-0.39, 0.29) is 30.5 Å². The van der Waals surface area contributed by atoms with Crippen molar-refractivity contribution in [3.63, 3.8) is 0 Å². The number of hydrogen-bond donors (Lipinski definition) is 4. The van der Waals surface area contributed by atoms with Crippen LogP contribution in [0.15, 0.2) is 0 Å². The van der Waals surface area contributed by atoms with E-state index in [0.717, 1.165) is 0 Å². The monoisotopic (exact) mass is 286 g/mol. The van der Waals surface area contributed by atoms with Gasteiger partial charge in [0.25, 0.3) is 0 Å². The summed E-state index contributed by atoms with van der Waals surface area (Å²) >= 11 is 0. The number of nitrogens with one attached hydrogen (secondary N) is 2. The second kappa shape index (κ2) is 8.09. The van der Waals surface area contributed by atoms with Gasteiger partial charge in [-0.3, -0.25) is 4.79 Å². The van der Waals surface area contributed by atoms with Crippen LogP contribution in [-0.2, 0) is 4.79 Å². The van der Waals surface area contributed by atoms with Gasteiger partial charge in [0, 0.05) is 25.1 Å². The van der Waals surface area contributed by atoms with Gasteiger partial charge < -0.3 is 20.8 Å². The Morgan fingerprint density at radius 1 is 1.20 bits per heavy atom. The Balaban J connectivity index is 2.25. The van der Waals surface area contributed by atoms with Gasteiger partial charge in [0.1, 0.15) is 0 Å². The molecule has 20 heavy (non-hydrogen) atoms. The Bertz CT molecular complexity index is 325. The molecule has 1 unspecified atom stereocenters. The van der Waals surface area contributed by atoms with Gasteiger partial charge in [-0.2, -0.15) is 0 Å². The predicted molar refractivity (Wildman–Crippen MR) is 75.3 cm³/mol. The van der Waals surface area contributed by atoms with Crippen molar-refractivity contribution in [1.82, 2.24) is 10.6 Å². The first-order valence-electron chi connectivity index (χ1n) is 7.32. The highest BCUT2D eigenvalue weighted by Gasteiger charge is 2.26. The summed E-state index contributed by atoms with van der Waals surface area (Å²) in [7, 11) is 0. The molecule has 0 aliphatic heterocycles. The average molecular weight is 286 g/mol. The molecule has 6 heteroatoms. The van der Waals surface area contributed by atoms with Crippen molar-refractivity contribution in [2.45, 2.75) is 45.6 Å². The molecule has 116 valence electrons. The molecular formula is C14H26N2O4. The van der Waals surface area contributed by atoms with Gasteiger partial charge in [-0.15, -0.1) is 0 Å². The molecule has 1 fully saturated rings. The van der Waals surface area contributed by atoms with Crippen molar-refractivity contribution in [3.05, 3.63) is 0 Å². The van der Waals surface area contributed by atoms with E-state index >= 15 is 0 Å². The van der Waals surface area contributed by atoms with E-state index < -0.39 is 5.97 Å². The third-order valence-corrected chi connectivity index (χ3v) is 4.11. The topological polar surface area (TPSA) is 98.7 Å². The number of aliphatic hydroxyl groups is 1. The van der Waals surface area contributed by atoms with Crippen LogP contribution in [0.2, 0.25) is 0 Å². The summed E-state index contributed by atoms with van der Waals surface area (Å²) in [6.07, 6.45) is 2.65. The van der Waals surface area contributed by atoms with Crippen LogP contribution in [0.25, 0.3) is 0 Å². The first-order chi connectivity index (χ1) is 9.43. The van der Waals surface area contributed by atoms with Crippen molar-refractivity contribution in [2.24, 2.45) is 17.8 Å². The summed E-state index contributed by atoms with van der Waals surface area (Å²) in [5, 5.41) is 23.7. The molecule has 1 saturated carbocycles. The molecule has 4 N–H and O–H groups in total. The third kappa shape index (κ3) is 5.36. The van der Waals surface area contributed by atoms with Crippen LogP contribution in [0, 0.1) is 17.8 Å². The molecule has 1 rings (SSSR count). The number of aliphatic carboxylic acids is 1. The molecule has 0 bridgehead atoms. The normalized spacial score (nSPS) is 24.2. The van der Waals surface area contributed by atoms with Gasteiger partial charge >= 0.3 is 12.0 Å². The van der Waals surface area contributed by atoms with Crippen LogP contribution < -0.4 is 10.6 Å². The third-order valence-electron chi connectivity index (χ3n) is 4.11. The first kappa shape index (κ1) is 16.8. The van der Waals surface area contributed by atoms with Crippen LogP contribution >= 0.6 is 0 Å². The van der Waals surface area contributed by atoms with Crippen LogP contribution in [0.1, 0.15) is 39.5 Å². The minimum atomic E-state index is -0.740. The van der Waals surface area contributed by atoms with Gasteiger partial charge in [-0.05, 0) is 31.6 Å². The van der Waals surface area contributed by atoms with E-state index in [9.17, 15) is 14.7 Å². The van der Waals surface area contributed by atoms with Gasteiger partial charge in [0.2, 0.25) is 0 Å². The quantitative estimate of drug-likeness (QED) is 0.589. The predicted octanol–water partition coefficient (Wildman–Crippen LogP) is 1.19. The van der Waals surface area contributed by atoms with E-state index in [4.69, 9.17) is 5.11 Å². The summed E-state index contributed by atoms with van der Waals surface area (Å²) in [5.41, 5.74) is 0. The van der Waals surface area contributed by atoms with Gasteiger partial charge in [0.05, 0.1) is 5.92 Å². The molecule has 2 amide bonds. The van der Waals surface area contributed by atoms with E-state index in [1.54, 1.807) is 0 Å². The van der Waals surface area contributed by atoms with E-state index in [1.165, 1.54) is 0 Å². The van der Waals surface area contributed by atoms with Gasteiger partial charge in [-0.1, -0.05) is 13.8 Å². The standard InChI is InChI=1S/C14H26N2O4/c1-9(2)11(8-17)7-15-14(20)16-12-5-3-10(4-6-12)13(18)19/h9-12,17H,3-8H2,1-2H3,(H,18,19)(H2,15,16,20). The molecule has 0 radical (unpaired) electrons. The number of hydrogen-bond acceptors (Lipinski definition) is 3.